The fourth-order valence-electron chi connectivity index (χ4n) is 4.10. The number of benzene rings is 1. The first-order valence-electron chi connectivity index (χ1n) is 9.52. The zero-order valence-corrected chi connectivity index (χ0v) is 15.3. The van der Waals surface area contributed by atoms with Crippen LogP contribution in [-0.4, -0.2) is 53.7 Å². The zero-order chi connectivity index (χ0) is 18.5. The molecule has 1 heterocycles. The highest BCUT2D eigenvalue weighted by molar-refractivity contribution is 5.68. The molecule has 6 nitrogen and oxygen atoms in total. The number of hydrogen-bond donors (Lipinski definition) is 3. The molecule has 1 aliphatic heterocycles. The third-order valence-corrected chi connectivity index (χ3v) is 5.45. The molecule has 0 unspecified atom stereocenters. The van der Waals surface area contributed by atoms with Crippen molar-refractivity contribution in [3.8, 4) is 5.75 Å². The number of carbonyl (C=O) groups is 1. The van der Waals surface area contributed by atoms with Crippen molar-refractivity contribution in [3.63, 3.8) is 0 Å². The average molecular weight is 363 g/mol. The summed E-state index contributed by atoms with van der Waals surface area (Å²) in [5.41, 5.74) is 1.09. The molecule has 144 valence electrons. The molecule has 0 amide bonds. The summed E-state index contributed by atoms with van der Waals surface area (Å²) in [6.45, 7) is 2.32. The minimum Gasteiger partial charge on any atom is -0.482 e. The Morgan fingerprint density at radius 3 is 2.62 bits per heavy atom. The van der Waals surface area contributed by atoms with Gasteiger partial charge >= 0.3 is 5.97 Å². The minimum absolute atomic E-state index is 0.0351. The third-order valence-electron chi connectivity index (χ3n) is 5.45. The lowest BCUT2D eigenvalue weighted by Gasteiger charge is -2.30. The van der Waals surface area contributed by atoms with Crippen molar-refractivity contribution in [3.05, 3.63) is 29.8 Å². The predicted octanol–water partition coefficient (Wildman–Crippen LogP) is 2.30. The van der Waals surface area contributed by atoms with Gasteiger partial charge in [-0.25, -0.2) is 4.79 Å². The van der Waals surface area contributed by atoms with Gasteiger partial charge in [-0.2, -0.15) is 0 Å². The van der Waals surface area contributed by atoms with Crippen LogP contribution in [0.3, 0.4) is 0 Å². The summed E-state index contributed by atoms with van der Waals surface area (Å²) in [5.74, 6) is 0.0792. The molecule has 1 aliphatic carbocycles. The number of carboxylic acid groups (broad SMARTS) is 1. The van der Waals surface area contributed by atoms with Crippen LogP contribution < -0.4 is 10.1 Å². The van der Waals surface area contributed by atoms with Crippen LogP contribution in [0.25, 0.3) is 0 Å². The van der Waals surface area contributed by atoms with E-state index >= 15 is 0 Å². The number of para-hydroxylation sites is 1. The molecule has 2 aliphatic rings. The molecule has 1 saturated heterocycles. The Bertz CT molecular complexity index is 600. The summed E-state index contributed by atoms with van der Waals surface area (Å²) in [5, 5.41) is 22.2. The maximum Gasteiger partial charge on any atom is 0.341 e. The molecule has 1 aromatic carbocycles. The number of aliphatic carboxylic acids is 1. The van der Waals surface area contributed by atoms with Gasteiger partial charge in [-0.05, 0) is 56.6 Å². The molecule has 0 bridgehead atoms. The van der Waals surface area contributed by atoms with E-state index in [2.05, 4.69) is 12.2 Å². The van der Waals surface area contributed by atoms with Crippen LogP contribution in [0.2, 0.25) is 0 Å². The standard InChI is InChI=1S/C20H29NO5/c1-13-10-18(22)17(21-13)11-25-15-8-6-14(7-9-15)16-4-2-3-5-19(16)26-12-20(23)24/h2-5,13-15,17-18,21-22H,6-12H2,1H3,(H,23,24)/t13-,14?,15?,17-,18-/m1/s1. The Balaban J connectivity index is 1.49. The van der Waals surface area contributed by atoms with E-state index in [-0.39, 0.29) is 24.9 Å². The number of rotatable bonds is 7. The van der Waals surface area contributed by atoms with Gasteiger partial charge in [-0.1, -0.05) is 18.2 Å². The van der Waals surface area contributed by atoms with Crippen molar-refractivity contribution in [2.24, 2.45) is 0 Å². The molecule has 0 aromatic heterocycles. The lowest BCUT2D eigenvalue weighted by Crippen LogP contribution is -2.38. The first kappa shape index (κ1) is 19.1. The van der Waals surface area contributed by atoms with Crippen molar-refractivity contribution in [1.29, 1.82) is 0 Å². The number of aliphatic hydroxyl groups is 1. The van der Waals surface area contributed by atoms with Crippen LogP contribution in [0.1, 0.15) is 50.5 Å². The molecule has 0 radical (unpaired) electrons. The summed E-state index contributed by atoms with van der Waals surface area (Å²) in [6, 6.07) is 8.10. The fraction of sp³-hybridized carbons (Fsp3) is 0.650. The monoisotopic (exact) mass is 363 g/mol. The van der Waals surface area contributed by atoms with Gasteiger partial charge in [0.15, 0.2) is 6.61 Å². The SMILES string of the molecule is C[C@@H]1C[C@@H](O)[C@@H](COC2CCC(c3ccccc3OCC(=O)O)CC2)N1. The lowest BCUT2D eigenvalue weighted by atomic mass is 9.82. The number of aliphatic hydroxyl groups excluding tert-OH is 1. The normalized spacial score (nSPS) is 31.7. The molecule has 26 heavy (non-hydrogen) atoms. The van der Waals surface area contributed by atoms with Gasteiger partial charge in [0.1, 0.15) is 5.75 Å². The van der Waals surface area contributed by atoms with Crippen LogP contribution in [0.4, 0.5) is 0 Å². The summed E-state index contributed by atoms with van der Waals surface area (Å²) in [4.78, 5) is 10.8. The largest absolute Gasteiger partial charge is 0.482 e. The first-order valence-corrected chi connectivity index (χ1v) is 9.52. The average Bonchev–Trinajstić information content (AvgIpc) is 2.96. The summed E-state index contributed by atoms with van der Waals surface area (Å²) < 4.78 is 11.5. The van der Waals surface area contributed by atoms with E-state index in [1.807, 2.05) is 24.3 Å². The molecule has 0 spiro atoms. The van der Waals surface area contributed by atoms with Crippen LogP contribution in [-0.2, 0) is 9.53 Å². The Morgan fingerprint density at radius 1 is 1.23 bits per heavy atom. The quantitative estimate of drug-likeness (QED) is 0.689. The lowest BCUT2D eigenvalue weighted by molar-refractivity contribution is -0.139. The van der Waals surface area contributed by atoms with Crippen molar-refractivity contribution >= 4 is 5.97 Å². The number of hydrogen-bond acceptors (Lipinski definition) is 5. The van der Waals surface area contributed by atoms with Gasteiger partial charge in [-0.15, -0.1) is 0 Å². The molecular weight excluding hydrogens is 334 g/mol. The van der Waals surface area contributed by atoms with Crippen molar-refractivity contribution in [1.82, 2.24) is 5.32 Å². The van der Waals surface area contributed by atoms with Gasteiger partial charge in [-0.3, -0.25) is 0 Å². The van der Waals surface area contributed by atoms with Gasteiger partial charge in [0.05, 0.1) is 24.9 Å². The van der Waals surface area contributed by atoms with Gasteiger partial charge in [0.25, 0.3) is 0 Å². The van der Waals surface area contributed by atoms with Crippen LogP contribution >= 0.6 is 0 Å². The summed E-state index contributed by atoms with van der Waals surface area (Å²) in [7, 11) is 0. The molecule has 6 heteroatoms. The van der Waals surface area contributed by atoms with E-state index in [4.69, 9.17) is 14.6 Å². The van der Waals surface area contributed by atoms with E-state index in [0.717, 1.165) is 37.7 Å². The van der Waals surface area contributed by atoms with Gasteiger partial charge in [0.2, 0.25) is 0 Å². The topological polar surface area (TPSA) is 88.0 Å². The smallest absolute Gasteiger partial charge is 0.341 e. The van der Waals surface area contributed by atoms with Crippen molar-refractivity contribution in [2.75, 3.05) is 13.2 Å². The second kappa shape index (κ2) is 8.84. The maximum atomic E-state index is 10.8. The van der Waals surface area contributed by atoms with Crippen LogP contribution in [0.5, 0.6) is 5.75 Å². The molecule has 3 rings (SSSR count). The molecule has 3 atom stereocenters. The van der Waals surface area contributed by atoms with Gasteiger partial charge < -0.3 is 25.0 Å². The minimum atomic E-state index is -0.964. The van der Waals surface area contributed by atoms with E-state index in [0.29, 0.717) is 24.3 Å². The Hall–Kier alpha value is -1.63. The molecule has 2 fully saturated rings. The van der Waals surface area contributed by atoms with Crippen LogP contribution in [0, 0.1) is 0 Å². The van der Waals surface area contributed by atoms with Crippen molar-refractivity contribution < 1.29 is 24.5 Å². The Morgan fingerprint density at radius 2 is 1.96 bits per heavy atom. The fourth-order valence-corrected chi connectivity index (χ4v) is 4.10. The maximum absolute atomic E-state index is 10.8. The van der Waals surface area contributed by atoms with E-state index in [9.17, 15) is 9.90 Å². The Labute approximate surface area is 154 Å². The summed E-state index contributed by atoms with van der Waals surface area (Å²) in [6.07, 6.45) is 4.62. The van der Waals surface area contributed by atoms with E-state index in [1.165, 1.54) is 0 Å². The number of carboxylic acids is 1. The van der Waals surface area contributed by atoms with Crippen molar-refractivity contribution in [2.45, 2.75) is 69.2 Å². The van der Waals surface area contributed by atoms with E-state index in [1.54, 1.807) is 0 Å². The molecule has 1 aromatic rings. The molecule has 3 N–H and O–H groups in total. The van der Waals surface area contributed by atoms with E-state index < -0.39 is 5.97 Å². The third kappa shape index (κ3) is 4.96. The van der Waals surface area contributed by atoms with Crippen LogP contribution in [0.15, 0.2) is 24.3 Å². The second-order valence-corrected chi connectivity index (χ2v) is 7.50. The highest BCUT2D eigenvalue weighted by Crippen LogP contribution is 2.38. The predicted molar refractivity (Wildman–Crippen MR) is 97.5 cm³/mol. The molecule has 1 saturated carbocycles. The Kier molecular flexibility index (Phi) is 6.51. The highest BCUT2D eigenvalue weighted by Gasteiger charge is 2.31. The molecular formula is C20H29NO5. The summed E-state index contributed by atoms with van der Waals surface area (Å²) >= 11 is 0. The number of nitrogens with one attached hydrogen (secondary N) is 1. The second-order valence-electron chi connectivity index (χ2n) is 7.50. The number of ether oxygens (including phenoxy) is 2. The highest BCUT2D eigenvalue weighted by atomic mass is 16.5. The zero-order valence-electron chi connectivity index (χ0n) is 15.3. The first-order chi connectivity index (χ1) is 12.5. The van der Waals surface area contributed by atoms with Gasteiger partial charge in [0, 0.05) is 6.04 Å².